The number of rotatable bonds is 5. The molecule has 0 fully saturated rings. The van der Waals surface area contributed by atoms with Crippen molar-refractivity contribution >= 4 is 11.8 Å². The highest BCUT2D eigenvalue weighted by Gasteiger charge is 2.12. The summed E-state index contributed by atoms with van der Waals surface area (Å²) in [5.41, 5.74) is 3.92. The van der Waals surface area contributed by atoms with Crippen LogP contribution in [0.3, 0.4) is 0 Å². The van der Waals surface area contributed by atoms with Gasteiger partial charge >= 0.3 is 0 Å². The van der Waals surface area contributed by atoms with Crippen molar-refractivity contribution in [2.75, 3.05) is 12.8 Å². The van der Waals surface area contributed by atoms with E-state index >= 15 is 0 Å². The first-order valence-electron chi connectivity index (χ1n) is 6.35. The number of hydrogen-bond donors (Lipinski definition) is 2. The van der Waals surface area contributed by atoms with Gasteiger partial charge in [-0.2, -0.15) is 0 Å². The molecule has 0 aliphatic heterocycles. The molecular weight excluding hydrogens is 256 g/mol. The van der Waals surface area contributed by atoms with Gasteiger partial charge in [-0.25, -0.2) is 4.98 Å². The molecule has 4 nitrogen and oxygen atoms in total. The van der Waals surface area contributed by atoms with E-state index < -0.39 is 0 Å². The van der Waals surface area contributed by atoms with Crippen LogP contribution in [0.15, 0.2) is 23.4 Å². The van der Waals surface area contributed by atoms with Crippen molar-refractivity contribution in [3.63, 3.8) is 0 Å². The van der Waals surface area contributed by atoms with Crippen molar-refractivity contribution in [2.45, 2.75) is 32.0 Å². The number of nitrogens with one attached hydrogen (secondary N) is 2. The van der Waals surface area contributed by atoms with Gasteiger partial charge in [0.05, 0.1) is 0 Å². The molecule has 102 valence electrons. The molecule has 1 aromatic heterocycles. The van der Waals surface area contributed by atoms with Gasteiger partial charge in [-0.15, -0.1) is 5.10 Å². The number of benzene rings is 1. The Labute approximate surface area is 118 Å². The van der Waals surface area contributed by atoms with Gasteiger partial charge in [-0.1, -0.05) is 41.1 Å². The van der Waals surface area contributed by atoms with Gasteiger partial charge in [-0.05, 0) is 33.4 Å². The Kier molecular flexibility index (Phi) is 4.61. The highest BCUT2D eigenvalue weighted by atomic mass is 32.2. The van der Waals surface area contributed by atoms with Gasteiger partial charge in [-0.3, -0.25) is 5.10 Å². The monoisotopic (exact) mass is 276 g/mol. The third-order valence-corrected chi connectivity index (χ3v) is 3.89. The molecule has 0 amide bonds. The lowest BCUT2D eigenvalue weighted by molar-refractivity contribution is 0.660. The van der Waals surface area contributed by atoms with Crippen LogP contribution < -0.4 is 5.32 Å². The summed E-state index contributed by atoms with van der Waals surface area (Å²) in [5.74, 6) is 1.77. The van der Waals surface area contributed by atoms with Crippen molar-refractivity contribution in [1.29, 1.82) is 0 Å². The number of nitrogens with zero attached hydrogens (tertiary/aromatic N) is 2. The Morgan fingerprint density at radius 2 is 1.89 bits per heavy atom. The summed E-state index contributed by atoms with van der Waals surface area (Å²) in [6, 6.07) is 6.97. The van der Waals surface area contributed by atoms with Crippen molar-refractivity contribution in [2.24, 2.45) is 0 Å². The SMILES string of the molecule is CNC(CSc1n[nH]c(C)n1)c1cc(C)cc(C)c1. The van der Waals surface area contributed by atoms with Crippen LogP contribution in [0.1, 0.15) is 28.6 Å². The molecule has 5 heteroatoms. The van der Waals surface area contributed by atoms with Gasteiger partial charge in [0.15, 0.2) is 0 Å². The Morgan fingerprint density at radius 1 is 1.21 bits per heavy atom. The van der Waals surface area contributed by atoms with E-state index in [-0.39, 0.29) is 0 Å². The molecule has 19 heavy (non-hydrogen) atoms. The minimum Gasteiger partial charge on any atom is -0.312 e. The summed E-state index contributed by atoms with van der Waals surface area (Å²) >= 11 is 1.66. The number of aromatic nitrogens is 3. The van der Waals surface area contributed by atoms with Gasteiger partial charge in [0.1, 0.15) is 5.82 Å². The molecule has 0 saturated heterocycles. The number of aryl methyl sites for hydroxylation is 3. The zero-order valence-electron chi connectivity index (χ0n) is 11.8. The molecule has 1 aromatic carbocycles. The van der Waals surface area contributed by atoms with Crippen LogP contribution in [-0.2, 0) is 0 Å². The summed E-state index contributed by atoms with van der Waals surface area (Å²) in [6.07, 6.45) is 0. The molecule has 2 rings (SSSR count). The largest absolute Gasteiger partial charge is 0.312 e. The molecule has 2 aromatic rings. The lowest BCUT2D eigenvalue weighted by atomic mass is 10.0. The van der Waals surface area contributed by atoms with E-state index in [1.165, 1.54) is 16.7 Å². The third-order valence-electron chi connectivity index (χ3n) is 2.95. The molecule has 1 atom stereocenters. The first kappa shape index (κ1) is 14.1. The summed E-state index contributed by atoms with van der Waals surface area (Å²) in [7, 11) is 1.99. The minimum absolute atomic E-state index is 0.308. The van der Waals surface area contributed by atoms with Crippen molar-refractivity contribution < 1.29 is 0 Å². The zero-order chi connectivity index (χ0) is 13.8. The van der Waals surface area contributed by atoms with Crippen molar-refractivity contribution in [3.05, 3.63) is 40.7 Å². The zero-order valence-corrected chi connectivity index (χ0v) is 12.6. The van der Waals surface area contributed by atoms with Gasteiger partial charge in [0.25, 0.3) is 0 Å². The fourth-order valence-electron chi connectivity index (χ4n) is 2.10. The Bertz CT molecular complexity index is 530. The highest BCUT2D eigenvalue weighted by Crippen LogP contribution is 2.23. The van der Waals surface area contributed by atoms with Crippen molar-refractivity contribution in [1.82, 2.24) is 20.5 Å². The standard InChI is InChI=1S/C14H20N4S/c1-9-5-10(2)7-12(6-9)13(15-4)8-19-14-16-11(3)17-18-14/h5-7,13,15H,8H2,1-4H3,(H,16,17,18). The van der Waals surface area contributed by atoms with E-state index in [1.54, 1.807) is 11.8 Å². The number of H-pyrrole nitrogens is 1. The second kappa shape index (κ2) is 6.21. The third kappa shape index (κ3) is 3.81. The van der Waals surface area contributed by atoms with E-state index in [0.29, 0.717) is 6.04 Å². The smallest absolute Gasteiger partial charge is 0.208 e. The topological polar surface area (TPSA) is 53.6 Å². The van der Waals surface area contributed by atoms with Crippen LogP contribution in [0.25, 0.3) is 0 Å². The molecule has 1 heterocycles. The average Bonchev–Trinajstić information content (AvgIpc) is 2.75. The van der Waals surface area contributed by atoms with Gasteiger partial charge < -0.3 is 5.32 Å². The molecule has 0 aliphatic carbocycles. The highest BCUT2D eigenvalue weighted by molar-refractivity contribution is 7.99. The Hall–Kier alpha value is -1.33. The number of aromatic amines is 1. The summed E-state index contributed by atoms with van der Waals surface area (Å²) < 4.78 is 0. The maximum Gasteiger partial charge on any atom is 0.208 e. The Balaban J connectivity index is 2.07. The maximum absolute atomic E-state index is 4.31. The van der Waals surface area contributed by atoms with Crippen LogP contribution in [0.2, 0.25) is 0 Å². The summed E-state index contributed by atoms with van der Waals surface area (Å²) in [5, 5.41) is 11.2. The summed E-state index contributed by atoms with van der Waals surface area (Å²) in [6.45, 7) is 6.18. The van der Waals surface area contributed by atoms with Gasteiger partial charge in [0, 0.05) is 11.8 Å². The fourth-order valence-corrected chi connectivity index (χ4v) is 3.09. The molecule has 0 radical (unpaired) electrons. The van der Waals surface area contributed by atoms with Crippen LogP contribution >= 0.6 is 11.8 Å². The van der Waals surface area contributed by atoms with E-state index in [9.17, 15) is 0 Å². The first-order valence-corrected chi connectivity index (χ1v) is 7.34. The second-order valence-corrected chi connectivity index (χ2v) is 5.76. The van der Waals surface area contributed by atoms with Crippen LogP contribution in [0.5, 0.6) is 0 Å². The minimum atomic E-state index is 0.308. The quantitative estimate of drug-likeness (QED) is 0.825. The molecule has 0 aliphatic rings. The second-order valence-electron chi connectivity index (χ2n) is 4.78. The lowest BCUT2D eigenvalue weighted by Crippen LogP contribution is -2.19. The molecular formula is C14H20N4S. The van der Waals surface area contributed by atoms with E-state index in [1.807, 2.05) is 14.0 Å². The van der Waals surface area contributed by atoms with E-state index in [2.05, 4.69) is 52.5 Å². The van der Waals surface area contributed by atoms with E-state index in [4.69, 9.17) is 0 Å². The normalized spacial score (nSPS) is 12.6. The van der Waals surface area contributed by atoms with Crippen LogP contribution in [0.4, 0.5) is 0 Å². The van der Waals surface area contributed by atoms with Crippen LogP contribution in [-0.4, -0.2) is 28.0 Å². The van der Waals surface area contributed by atoms with E-state index in [0.717, 1.165) is 16.7 Å². The molecule has 0 spiro atoms. The predicted molar refractivity (Wildman–Crippen MR) is 79.6 cm³/mol. The van der Waals surface area contributed by atoms with Gasteiger partial charge in [0.2, 0.25) is 5.16 Å². The van der Waals surface area contributed by atoms with Crippen LogP contribution in [0, 0.1) is 20.8 Å². The Morgan fingerprint density at radius 3 is 2.42 bits per heavy atom. The predicted octanol–water partition coefficient (Wildman–Crippen LogP) is 2.78. The fraction of sp³-hybridized carbons (Fsp3) is 0.429. The maximum atomic E-state index is 4.31. The van der Waals surface area contributed by atoms with Crippen molar-refractivity contribution in [3.8, 4) is 0 Å². The molecule has 0 saturated carbocycles. The summed E-state index contributed by atoms with van der Waals surface area (Å²) in [4.78, 5) is 4.31. The number of thioether (sulfide) groups is 1. The molecule has 1 unspecified atom stereocenters. The molecule has 0 bridgehead atoms. The average molecular weight is 276 g/mol. The lowest BCUT2D eigenvalue weighted by Gasteiger charge is -2.16. The molecule has 2 N–H and O–H groups in total. The first-order chi connectivity index (χ1) is 9.08. The number of hydrogen-bond acceptors (Lipinski definition) is 4.